The van der Waals surface area contributed by atoms with E-state index in [2.05, 4.69) is 0 Å². The highest BCUT2D eigenvalue weighted by Gasteiger charge is 2.07. The predicted octanol–water partition coefficient (Wildman–Crippen LogP) is 2.09. The Balaban J connectivity index is 2.95. The summed E-state index contributed by atoms with van der Waals surface area (Å²) in [5.74, 6) is 1.29. The van der Waals surface area contributed by atoms with Gasteiger partial charge in [0, 0.05) is 12.5 Å². The zero-order valence-corrected chi connectivity index (χ0v) is 9.37. The van der Waals surface area contributed by atoms with Crippen molar-refractivity contribution in [3.05, 3.63) is 35.7 Å². The molecule has 16 heavy (non-hydrogen) atoms. The third kappa shape index (κ3) is 2.97. The molecule has 1 aromatic rings. The van der Waals surface area contributed by atoms with Crippen molar-refractivity contribution in [2.24, 2.45) is 0 Å². The molecule has 0 spiro atoms. The summed E-state index contributed by atoms with van der Waals surface area (Å²) in [6.45, 7) is -0.300. The maximum absolute atomic E-state index is 12.3. The van der Waals surface area contributed by atoms with Crippen LogP contribution < -0.4 is 9.47 Å². The number of halogens is 1. The number of hydrogen-bond donors (Lipinski definition) is 1. The van der Waals surface area contributed by atoms with Gasteiger partial charge in [0.05, 0.1) is 27.2 Å². The van der Waals surface area contributed by atoms with Crippen molar-refractivity contribution < 1.29 is 19.0 Å². The van der Waals surface area contributed by atoms with Gasteiger partial charge in [0.1, 0.15) is 11.5 Å². The first kappa shape index (κ1) is 12.5. The third-order valence-electron chi connectivity index (χ3n) is 2.27. The number of rotatable bonds is 5. The van der Waals surface area contributed by atoms with E-state index in [1.165, 1.54) is 7.11 Å². The maximum Gasteiger partial charge on any atom is 0.126 e. The number of benzene rings is 1. The van der Waals surface area contributed by atoms with Gasteiger partial charge in [-0.2, -0.15) is 0 Å². The molecule has 4 heteroatoms. The molecule has 0 aliphatic carbocycles. The largest absolute Gasteiger partial charge is 0.497 e. The van der Waals surface area contributed by atoms with Crippen LogP contribution in [0.3, 0.4) is 0 Å². The van der Waals surface area contributed by atoms with Crippen LogP contribution in [0.25, 0.3) is 0 Å². The Kier molecular flexibility index (Phi) is 4.79. The molecule has 0 unspecified atom stereocenters. The molecule has 1 aromatic carbocycles. The molecule has 0 heterocycles. The van der Waals surface area contributed by atoms with Gasteiger partial charge >= 0.3 is 0 Å². The van der Waals surface area contributed by atoms with Gasteiger partial charge in [0.25, 0.3) is 0 Å². The van der Waals surface area contributed by atoms with E-state index in [0.717, 1.165) is 5.56 Å². The number of hydrogen-bond acceptors (Lipinski definition) is 3. The zero-order valence-electron chi connectivity index (χ0n) is 9.37. The highest BCUT2D eigenvalue weighted by atomic mass is 19.1. The lowest BCUT2D eigenvalue weighted by Gasteiger charge is -2.10. The third-order valence-corrected chi connectivity index (χ3v) is 2.27. The summed E-state index contributed by atoms with van der Waals surface area (Å²) >= 11 is 0. The van der Waals surface area contributed by atoms with Gasteiger partial charge in [-0.25, -0.2) is 4.39 Å². The first-order valence-corrected chi connectivity index (χ1v) is 4.85. The second kappa shape index (κ2) is 6.12. The van der Waals surface area contributed by atoms with Crippen molar-refractivity contribution in [3.63, 3.8) is 0 Å². The molecule has 3 nitrogen and oxygen atoms in total. The molecular formula is C12H15FO3. The topological polar surface area (TPSA) is 38.7 Å². The number of methoxy groups -OCH3 is 2. The second-order valence-electron chi connectivity index (χ2n) is 3.28. The van der Waals surface area contributed by atoms with E-state index >= 15 is 0 Å². The van der Waals surface area contributed by atoms with E-state index < -0.39 is 0 Å². The molecule has 0 amide bonds. The quantitative estimate of drug-likeness (QED) is 0.835. The van der Waals surface area contributed by atoms with Crippen LogP contribution in [0, 0.1) is 0 Å². The first-order valence-electron chi connectivity index (χ1n) is 4.85. The molecule has 0 radical (unpaired) electrons. The smallest absolute Gasteiger partial charge is 0.126 e. The maximum atomic E-state index is 12.3. The van der Waals surface area contributed by atoms with Gasteiger partial charge in [-0.1, -0.05) is 6.07 Å². The molecule has 0 aliphatic heterocycles. The Morgan fingerprint density at radius 2 is 2.12 bits per heavy atom. The average molecular weight is 226 g/mol. The van der Waals surface area contributed by atoms with Crippen molar-refractivity contribution in [1.29, 1.82) is 0 Å². The molecule has 1 rings (SSSR count). The van der Waals surface area contributed by atoms with E-state index in [-0.39, 0.29) is 6.61 Å². The fraction of sp³-hybridized carbons (Fsp3) is 0.333. The summed E-state index contributed by atoms with van der Waals surface area (Å²) in [5, 5.41) is 8.88. The van der Waals surface area contributed by atoms with Crippen LogP contribution >= 0.6 is 0 Å². The van der Waals surface area contributed by atoms with E-state index in [1.54, 1.807) is 25.3 Å². The van der Waals surface area contributed by atoms with Crippen molar-refractivity contribution in [3.8, 4) is 11.5 Å². The number of aliphatic hydroxyl groups excluding tert-OH is 1. The summed E-state index contributed by atoms with van der Waals surface area (Å²) < 4.78 is 22.6. The summed E-state index contributed by atoms with van der Waals surface area (Å²) in [7, 11) is 3.10. The van der Waals surface area contributed by atoms with Crippen LogP contribution in [-0.2, 0) is 6.42 Å². The van der Waals surface area contributed by atoms with E-state index in [1.807, 2.05) is 0 Å². The summed E-state index contributed by atoms with van der Waals surface area (Å²) in [4.78, 5) is 0. The molecule has 0 fully saturated rings. The lowest BCUT2D eigenvalue weighted by molar-refractivity contribution is 0.325. The SMILES string of the molecule is COc1ccc(CC(=CF)CO)c(OC)c1. The van der Waals surface area contributed by atoms with Crippen molar-refractivity contribution in [2.45, 2.75) is 6.42 Å². The van der Waals surface area contributed by atoms with Crippen molar-refractivity contribution in [2.75, 3.05) is 20.8 Å². The van der Waals surface area contributed by atoms with Crippen LogP contribution in [0.1, 0.15) is 5.56 Å². The highest BCUT2D eigenvalue weighted by molar-refractivity contribution is 5.42. The van der Waals surface area contributed by atoms with Crippen LogP contribution in [-0.4, -0.2) is 25.9 Å². The molecule has 0 aliphatic rings. The minimum Gasteiger partial charge on any atom is -0.497 e. The van der Waals surface area contributed by atoms with Gasteiger partial charge in [-0.05, 0) is 17.2 Å². The van der Waals surface area contributed by atoms with Gasteiger partial charge < -0.3 is 14.6 Å². The van der Waals surface area contributed by atoms with Crippen LogP contribution in [0.4, 0.5) is 4.39 Å². The normalized spacial score (nSPS) is 11.4. The zero-order chi connectivity index (χ0) is 12.0. The molecule has 0 saturated heterocycles. The van der Waals surface area contributed by atoms with Gasteiger partial charge in [-0.3, -0.25) is 0 Å². The number of ether oxygens (including phenoxy) is 2. The fourth-order valence-electron chi connectivity index (χ4n) is 1.37. The Labute approximate surface area is 94.1 Å². The van der Waals surface area contributed by atoms with Crippen molar-refractivity contribution >= 4 is 0 Å². The summed E-state index contributed by atoms with van der Waals surface area (Å²) in [5.41, 5.74) is 1.12. The average Bonchev–Trinajstić information content (AvgIpc) is 2.35. The Hall–Kier alpha value is -1.55. The molecule has 0 aromatic heterocycles. The van der Waals surface area contributed by atoms with Gasteiger partial charge in [-0.15, -0.1) is 0 Å². The monoisotopic (exact) mass is 226 g/mol. The number of aliphatic hydroxyl groups is 1. The van der Waals surface area contributed by atoms with E-state index in [4.69, 9.17) is 14.6 Å². The molecule has 0 saturated carbocycles. The van der Waals surface area contributed by atoms with Gasteiger partial charge in [0.2, 0.25) is 0 Å². The Morgan fingerprint density at radius 1 is 1.38 bits per heavy atom. The fourth-order valence-corrected chi connectivity index (χ4v) is 1.37. The van der Waals surface area contributed by atoms with Crippen molar-refractivity contribution in [1.82, 2.24) is 0 Å². The minimum atomic E-state index is -0.300. The second-order valence-corrected chi connectivity index (χ2v) is 3.28. The van der Waals surface area contributed by atoms with Gasteiger partial charge in [0.15, 0.2) is 0 Å². The molecular weight excluding hydrogens is 211 g/mol. The summed E-state index contributed by atoms with van der Waals surface area (Å²) in [6, 6.07) is 5.28. The lowest BCUT2D eigenvalue weighted by atomic mass is 10.1. The lowest BCUT2D eigenvalue weighted by Crippen LogP contribution is -1.98. The predicted molar refractivity (Wildman–Crippen MR) is 59.5 cm³/mol. The van der Waals surface area contributed by atoms with Crippen LogP contribution in [0.5, 0.6) is 11.5 Å². The summed E-state index contributed by atoms with van der Waals surface area (Å²) in [6.07, 6.45) is 0.740. The van der Waals surface area contributed by atoms with Crippen LogP contribution in [0.2, 0.25) is 0 Å². The van der Waals surface area contributed by atoms with E-state index in [0.29, 0.717) is 29.8 Å². The molecule has 88 valence electrons. The van der Waals surface area contributed by atoms with Crippen LogP contribution in [0.15, 0.2) is 30.1 Å². The molecule has 0 bridgehead atoms. The Morgan fingerprint density at radius 3 is 2.62 bits per heavy atom. The standard InChI is InChI=1S/C12H15FO3/c1-15-11-4-3-10(12(6-11)16-2)5-9(7-13)8-14/h3-4,6-7,14H,5,8H2,1-2H3. The molecule has 1 N–H and O–H groups in total. The molecule has 0 atom stereocenters. The Bertz CT molecular complexity index is 375. The minimum absolute atomic E-state index is 0.300. The van der Waals surface area contributed by atoms with E-state index in [9.17, 15) is 4.39 Å². The first-order chi connectivity index (χ1) is 7.74. The highest BCUT2D eigenvalue weighted by Crippen LogP contribution is 2.26.